The molecule has 0 radical (unpaired) electrons. The van der Waals surface area contributed by atoms with Crippen LogP contribution in [0, 0.1) is 0 Å². The van der Waals surface area contributed by atoms with Crippen LogP contribution in [0.4, 0.5) is 0 Å². The van der Waals surface area contributed by atoms with Gasteiger partial charge < -0.3 is 9.15 Å². The molecule has 4 heterocycles. The van der Waals surface area contributed by atoms with Crippen molar-refractivity contribution in [1.29, 1.82) is 0 Å². The highest BCUT2D eigenvalue weighted by Gasteiger charge is 2.27. The average molecular weight is 728 g/mol. The lowest BCUT2D eigenvalue weighted by Gasteiger charge is -2.24. The Morgan fingerprint density at radius 3 is 1.85 bits per heavy atom. The highest BCUT2D eigenvalue weighted by atomic mass is 16.5. The standard InChI is InChI=1S/C50H53N3O2/c1-47(2,3)30-17-18-41-35(23-30)36-28-39(50(10,11)12)44(29-42(36)53(41)45-25-32(20-22-52-45)49(7,8)9)54-33-26-37-34-15-13-14-16-43(34)55-46(37)38(27-33)40-24-31(19-21-51-40)48(4,5)6/h13-29H,1-12H3. The molecule has 8 aromatic rings. The first kappa shape index (κ1) is 36.6. The predicted octanol–water partition coefficient (Wildman–Crippen LogP) is 14.1. The maximum atomic E-state index is 7.17. The van der Waals surface area contributed by atoms with E-state index in [0.717, 1.165) is 67.1 Å². The normalized spacial score (nSPS) is 13.1. The Hall–Kier alpha value is -5.42. The quantitative estimate of drug-likeness (QED) is 0.181. The number of para-hydroxylation sites is 1. The number of ether oxygens (including phenoxy) is 1. The lowest BCUT2D eigenvalue weighted by atomic mass is 9.84. The Kier molecular flexibility index (Phi) is 8.35. The summed E-state index contributed by atoms with van der Waals surface area (Å²) in [5.41, 5.74) is 10.2. The van der Waals surface area contributed by atoms with E-state index in [1.165, 1.54) is 27.5 Å². The van der Waals surface area contributed by atoms with E-state index in [0.29, 0.717) is 0 Å². The molecule has 4 aromatic carbocycles. The second-order valence-electron chi connectivity index (χ2n) is 19.3. The minimum Gasteiger partial charge on any atom is -0.457 e. The van der Waals surface area contributed by atoms with Gasteiger partial charge in [-0.05, 0) is 99.0 Å². The SMILES string of the molecule is CC(C)(C)c1ccnc(-c2cc(Oc3cc4c(cc3C(C)(C)C)c3cc(C(C)(C)C)ccc3n4-c3cc(C(C)(C)C)ccn3)cc3c2oc2ccccc23)c1. The Bertz CT molecular complexity index is 2770. The first-order valence-electron chi connectivity index (χ1n) is 19.5. The van der Waals surface area contributed by atoms with E-state index in [1.54, 1.807) is 0 Å². The van der Waals surface area contributed by atoms with E-state index in [4.69, 9.17) is 19.1 Å². The molecule has 0 amide bonds. The first-order chi connectivity index (χ1) is 25.8. The number of hydrogen-bond acceptors (Lipinski definition) is 4. The number of fused-ring (bicyclic) bond motifs is 6. The lowest BCUT2D eigenvalue weighted by molar-refractivity contribution is 0.457. The van der Waals surface area contributed by atoms with Crippen LogP contribution in [0.2, 0.25) is 0 Å². The lowest BCUT2D eigenvalue weighted by Crippen LogP contribution is -2.13. The zero-order valence-electron chi connectivity index (χ0n) is 34.5. The van der Waals surface area contributed by atoms with E-state index < -0.39 is 0 Å². The zero-order valence-corrected chi connectivity index (χ0v) is 34.5. The van der Waals surface area contributed by atoms with Crippen molar-refractivity contribution in [1.82, 2.24) is 14.5 Å². The van der Waals surface area contributed by atoms with Crippen LogP contribution in [0.1, 0.15) is 105 Å². The van der Waals surface area contributed by atoms with Crippen molar-refractivity contribution in [2.24, 2.45) is 0 Å². The number of aromatic nitrogens is 3. The molecular weight excluding hydrogens is 675 g/mol. The fourth-order valence-electron chi connectivity index (χ4n) is 7.66. The van der Waals surface area contributed by atoms with E-state index in [2.05, 4.69) is 167 Å². The van der Waals surface area contributed by atoms with Gasteiger partial charge in [0.2, 0.25) is 0 Å². The number of nitrogens with zero attached hydrogens (tertiary/aromatic N) is 3. The number of hydrogen-bond donors (Lipinski definition) is 0. The largest absolute Gasteiger partial charge is 0.457 e. The maximum Gasteiger partial charge on any atom is 0.145 e. The summed E-state index contributed by atoms with van der Waals surface area (Å²) >= 11 is 0. The van der Waals surface area contributed by atoms with Gasteiger partial charge in [0.25, 0.3) is 0 Å². The molecule has 5 heteroatoms. The molecule has 5 nitrogen and oxygen atoms in total. The van der Waals surface area contributed by atoms with Crippen LogP contribution in [-0.2, 0) is 21.7 Å². The van der Waals surface area contributed by atoms with Gasteiger partial charge in [0.05, 0.1) is 16.7 Å². The van der Waals surface area contributed by atoms with Crippen molar-refractivity contribution in [3.05, 3.63) is 126 Å². The molecule has 0 aliphatic heterocycles. The first-order valence-corrected chi connectivity index (χ1v) is 19.5. The number of furan rings is 1. The molecule has 0 N–H and O–H groups in total. The topological polar surface area (TPSA) is 53.1 Å². The van der Waals surface area contributed by atoms with E-state index in [9.17, 15) is 0 Å². The highest BCUT2D eigenvalue weighted by Crippen LogP contribution is 2.45. The summed E-state index contributed by atoms with van der Waals surface area (Å²) in [7, 11) is 0. The molecule has 0 saturated heterocycles. The van der Waals surface area contributed by atoms with Crippen LogP contribution in [-0.4, -0.2) is 14.5 Å². The molecule has 8 rings (SSSR count). The van der Waals surface area contributed by atoms with E-state index in [-0.39, 0.29) is 21.7 Å². The van der Waals surface area contributed by atoms with Crippen molar-refractivity contribution in [3.8, 4) is 28.6 Å². The van der Waals surface area contributed by atoms with Crippen LogP contribution in [0.5, 0.6) is 11.5 Å². The van der Waals surface area contributed by atoms with Crippen LogP contribution < -0.4 is 4.74 Å². The van der Waals surface area contributed by atoms with Gasteiger partial charge in [-0.3, -0.25) is 9.55 Å². The zero-order chi connectivity index (χ0) is 39.2. The molecule has 55 heavy (non-hydrogen) atoms. The van der Waals surface area contributed by atoms with Crippen molar-refractivity contribution >= 4 is 43.7 Å². The van der Waals surface area contributed by atoms with Crippen molar-refractivity contribution < 1.29 is 9.15 Å². The summed E-state index contributed by atoms with van der Waals surface area (Å²) in [6.07, 6.45) is 3.84. The number of benzene rings is 4. The fraction of sp³-hybridized carbons (Fsp3) is 0.320. The predicted molar refractivity (Wildman–Crippen MR) is 230 cm³/mol. The number of pyridine rings is 2. The molecule has 0 bridgehead atoms. The summed E-state index contributed by atoms with van der Waals surface area (Å²) in [4.78, 5) is 9.86. The smallest absolute Gasteiger partial charge is 0.145 e. The number of rotatable bonds is 4. The molecule has 4 aromatic heterocycles. The summed E-state index contributed by atoms with van der Waals surface area (Å²) in [6.45, 7) is 27.0. The minimum absolute atomic E-state index is 0.00219. The average Bonchev–Trinajstić information content (AvgIpc) is 3.64. The molecule has 0 aliphatic rings. The van der Waals surface area contributed by atoms with E-state index in [1.807, 2.05) is 24.5 Å². The molecule has 0 unspecified atom stereocenters. The molecule has 0 spiro atoms. The maximum absolute atomic E-state index is 7.17. The van der Waals surface area contributed by atoms with Crippen LogP contribution in [0.25, 0.3) is 60.8 Å². The van der Waals surface area contributed by atoms with Crippen LogP contribution in [0.15, 0.2) is 108 Å². The summed E-state index contributed by atoms with van der Waals surface area (Å²) in [5.74, 6) is 2.43. The van der Waals surface area contributed by atoms with Gasteiger partial charge in [-0.25, -0.2) is 4.98 Å². The van der Waals surface area contributed by atoms with Crippen molar-refractivity contribution in [2.75, 3.05) is 0 Å². The monoisotopic (exact) mass is 727 g/mol. The van der Waals surface area contributed by atoms with Gasteiger partial charge >= 0.3 is 0 Å². The van der Waals surface area contributed by atoms with Gasteiger partial charge in [0.1, 0.15) is 28.5 Å². The van der Waals surface area contributed by atoms with Crippen LogP contribution >= 0.6 is 0 Å². The van der Waals surface area contributed by atoms with Gasteiger partial charge in [-0.2, -0.15) is 0 Å². The molecule has 0 aliphatic carbocycles. The van der Waals surface area contributed by atoms with Gasteiger partial charge in [-0.15, -0.1) is 0 Å². The molecule has 0 fully saturated rings. The van der Waals surface area contributed by atoms with Gasteiger partial charge in [0.15, 0.2) is 0 Å². The highest BCUT2D eigenvalue weighted by molar-refractivity contribution is 6.11. The molecule has 0 atom stereocenters. The minimum atomic E-state index is -0.220. The Labute approximate surface area is 325 Å². The summed E-state index contributed by atoms with van der Waals surface area (Å²) in [5, 5.41) is 4.43. The Morgan fingerprint density at radius 2 is 1.16 bits per heavy atom. The summed E-state index contributed by atoms with van der Waals surface area (Å²) < 4.78 is 16.0. The third kappa shape index (κ3) is 6.58. The van der Waals surface area contributed by atoms with Crippen molar-refractivity contribution in [3.63, 3.8) is 0 Å². The second-order valence-corrected chi connectivity index (χ2v) is 19.3. The van der Waals surface area contributed by atoms with E-state index >= 15 is 0 Å². The third-order valence-corrected chi connectivity index (χ3v) is 11.0. The Balaban J connectivity index is 1.40. The molecule has 0 saturated carbocycles. The van der Waals surface area contributed by atoms with Gasteiger partial charge in [0, 0.05) is 51.1 Å². The summed E-state index contributed by atoms with van der Waals surface area (Å²) in [6, 6.07) is 32.5. The third-order valence-electron chi connectivity index (χ3n) is 11.0. The molecular formula is C50H53N3O2. The molecule has 280 valence electrons. The van der Waals surface area contributed by atoms with Crippen LogP contribution in [0.3, 0.4) is 0 Å². The van der Waals surface area contributed by atoms with Gasteiger partial charge in [-0.1, -0.05) is 107 Å². The second kappa shape index (κ2) is 12.6. The fourth-order valence-corrected chi connectivity index (χ4v) is 7.66. The Morgan fingerprint density at radius 1 is 0.527 bits per heavy atom. The van der Waals surface area contributed by atoms with Crippen molar-refractivity contribution in [2.45, 2.75) is 105 Å².